The quantitative estimate of drug-likeness (QED) is 0.315. The van der Waals surface area contributed by atoms with Crippen LogP contribution in [0.1, 0.15) is 35.3 Å². The zero-order valence-electron chi connectivity index (χ0n) is 20.5. The summed E-state index contributed by atoms with van der Waals surface area (Å²) in [5.74, 6) is 0.944. The van der Waals surface area contributed by atoms with Gasteiger partial charge >= 0.3 is 0 Å². The van der Waals surface area contributed by atoms with Gasteiger partial charge in [-0.15, -0.1) is 0 Å². The van der Waals surface area contributed by atoms with Gasteiger partial charge in [-0.25, -0.2) is 4.99 Å². The summed E-state index contributed by atoms with van der Waals surface area (Å²) in [4.78, 5) is 24.4. The molecule has 182 valence electrons. The molecule has 1 aliphatic rings. The summed E-state index contributed by atoms with van der Waals surface area (Å²) < 4.78 is 0. The number of hydrogen-bond donors (Lipinski definition) is 0. The molecule has 3 aromatic rings. The summed E-state index contributed by atoms with van der Waals surface area (Å²) >= 11 is 6.46. The highest BCUT2D eigenvalue weighted by atomic mass is 35.5. The number of rotatable bonds is 7. The Labute approximate surface area is 213 Å². The number of carbonyl (C=O) groups excluding carboxylic acids is 1. The van der Waals surface area contributed by atoms with Crippen LogP contribution in [0.15, 0.2) is 83.9 Å². The number of nitrogens with zero attached hydrogens (tertiary/aromatic N) is 4. The third kappa shape index (κ3) is 6.30. The molecule has 0 unspecified atom stereocenters. The maximum absolute atomic E-state index is 12.8. The van der Waals surface area contributed by atoms with Crippen molar-refractivity contribution in [3.05, 3.63) is 101 Å². The third-order valence-corrected chi connectivity index (χ3v) is 6.76. The van der Waals surface area contributed by atoms with Crippen LogP contribution in [0.3, 0.4) is 0 Å². The lowest BCUT2D eigenvalue weighted by Crippen LogP contribution is -2.48. The lowest BCUT2D eigenvalue weighted by atomic mass is 10.1. The molecule has 0 N–H and O–H groups in total. The minimum Gasteiger partial charge on any atom is -0.354 e. The third-order valence-electron chi connectivity index (χ3n) is 6.44. The Kier molecular flexibility index (Phi) is 8.56. The lowest BCUT2D eigenvalue weighted by molar-refractivity contribution is 0.0773. The molecule has 35 heavy (non-hydrogen) atoms. The monoisotopic (exact) mass is 488 g/mol. The molecular weight excluding hydrogens is 456 g/mol. The summed E-state index contributed by atoms with van der Waals surface area (Å²) in [7, 11) is 0. The van der Waals surface area contributed by atoms with Crippen LogP contribution in [0, 0.1) is 0 Å². The highest BCUT2D eigenvalue weighted by molar-refractivity contribution is 6.33. The predicted molar refractivity (Wildman–Crippen MR) is 145 cm³/mol. The normalized spacial score (nSPS) is 14.7. The largest absolute Gasteiger partial charge is 0.354 e. The molecular formula is C29H33ClN4O. The Bertz CT molecular complexity index is 1130. The van der Waals surface area contributed by atoms with Crippen LogP contribution in [0.2, 0.25) is 5.02 Å². The molecule has 4 rings (SSSR count). The first-order valence-electron chi connectivity index (χ1n) is 12.3. The molecule has 6 heteroatoms. The maximum Gasteiger partial charge on any atom is 0.253 e. The molecule has 0 atom stereocenters. The molecule has 1 amide bonds. The summed E-state index contributed by atoms with van der Waals surface area (Å²) in [6.07, 6.45) is 0. The van der Waals surface area contributed by atoms with Gasteiger partial charge in [0.2, 0.25) is 0 Å². The smallest absolute Gasteiger partial charge is 0.253 e. The van der Waals surface area contributed by atoms with E-state index in [-0.39, 0.29) is 5.91 Å². The van der Waals surface area contributed by atoms with E-state index in [9.17, 15) is 4.79 Å². The van der Waals surface area contributed by atoms with Crippen molar-refractivity contribution in [2.75, 3.05) is 39.3 Å². The van der Waals surface area contributed by atoms with E-state index in [2.05, 4.69) is 40.1 Å². The van der Waals surface area contributed by atoms with Gasteiger partial charge in [-0.2, -0.15) is 0 Å². The van der Waals surface area contributed by atoms with E-state index in [1.165, 1.54) is 5.56 Å². The van der Waals surface area contributed by atoms with E-state index >= 15 is 0 Å². The summed E-state index contributed by atoms with van der Waals surface area (Å²) in [5, 5.41) is 0.626. The van der Waals surface area contributed by atoms with E-state index in [4.69, 9.17) is 16.6 Å². The second-order valence-electron chi connectivity index (χ2n) is 8.69. The van der Waals surface area contributed by atoms with Crippen molar-refractivity contribution in [3.63, 3.8) is 0 Å². The molecule has 0 radical (unpaired) electrons. The van der Waals surface area contributed by atoms with Crippen LogP contribution >= 0.6 is 11.6 Å². The Hall–Kier alpha value is -3.15. The molecule has 1 saturated heterocycles. The first kappa shape index (κ1) is 25.0. The molecule has 0 spiro atoms. The Morgan fingerprint density at radius 1 is 0.829 bits per heavy atom. The Morgan fingerprint density at radius 2 is 1.43 bits per heavy atom. The number of amides is 1. The highest BCUT2D eigenvalue weighted by Gasteiger charge is 2.22. The van der Waals surface area contributed by atoms with Crippen molar-refractivity contribution in [2.24, 2.45) is 4.99 Å². The van der Waals surface area contributed by atoms with Crippen molar-refractivity contribution in [3.8, 4) is 0 Å². The first-order chi connectivity index (χ1) is 17.1. The average Bonchev–Trinajstić information content (AvgIpc) is 2.90. The lowest BCUT2D eigenvalue weighted by Gasteiger charge is -2.36. The van der Waals surface area contributed by atoms with Gasteiger partial charge in [0.05, 0.1) is 10.7 Å². The van der Waals surface area contributed by atoms with Crippen molar-refractivity contribution in [1.82, 2.24) is 14.7 Å². The van der Waals surface area contributed by atoms with Crippen LogP contribution in [0.25, 0.3) is 0 Å². The maximum atomic E-state index is 12.8. The van der Waals surface area contributed by atoms with Gasteiger partial charge in [-0.05, 0) is 43.7 Å². The topological polar surface area (TPSA) is 39.2 Å². The molecule has 0 aromatic heterocycles. The fourth-order valence-corrected chi connectivity index (χ4v) is 4.57. The zero-order chi connectivity index (χ0) is 24.6. The minimum atomic E-state index is 0.0562. The zero-order valence-corrected chi connectivity index (χ0v) is 21.3. The minimum absolute atomic E-state index is 0.0562. The van der Waals surface area contributed by atoms with Gasteiger partial charge in [-0.3, -0.25) is 9.69 Å². The van der Waals surface area contributed by atoms with Crippen molar-refractivity contribution < 1.29 is 4.79 Å². The van der Waals surface area contributed by atoms with E-state index in [1.807, 2.05) is 67.3 Å². The van der Waals surface area contributed by atoms with Gasteiger partial charge in [0, 0.05) is 56.9 Å². The van der Waals surface area contributed by atoms with Gasteiger partial charge in [0.15, 0.2) is 0 Å². The summed E-state index contributed by atoms with van der Waals surface area (Å²) in [6, 6.07) is 26.1. The number of aliphatic imine (C=N–C) groups is 1. The number of piperazine rings is 1. The number of halogens is 1. The van der Waals surface area contributed by atoms with Gasteiger partial charge in [0.1, 0.15) is 5.84 Å². The second kappa shape index (κ2) is 12.0. The summed E-state index contributed by atoms with van der Waals surface area (Å²) in [6.45, 7) is 10.0. The van der Waals surface area contributed by atoms with Crippen molar-refractivity contribution in [1.29, 1.82) is 0 Å². The van der Waals surface area contributed by atoms with E-state index < -0.39 is 0 Å². The number of para-hydroxylation sites is 1. The molecule has 0 saturated carbocycles. The number of amidine groups is 1. The van der Waals surface area contributed by atoms with Crippen LogP contribution < -0.4 is 0 Å². The van der Waals surface area contributed by atoms with E-state index in [0.717, 1.165) is 49.8 Å². The number of carbonyl (C=O) groups is 1. The van der Waals surface area contributed by atoms with Gasteiger partial charge in [0.25, 0.3) is 5.91 Å². The van der Waals surface area contributed by atoms with Gasteiger partial charge < -0.3 is 9.80 Å². The Balaban J connectivity index is 1.56. The van der Waals surface area contributed by atoms with Crippen LogP contribution in [0.5, 0.6) is 0 Å². The molecule has 5 nitrogen and oxygen atoms in total. The fourth-order valence-electron chi connectivity index (χ4n) is 4.39. The number of benzene rings is 3. The van der Waals surface area contributed by atoms with Crippen LogP contribution in [0.4, 0.5) is 5.69 Å². The Morgan fingerprint density at radius 3 is 2.06 bits per heavy atom. The fraction of sp³-hybridized carbons (Fsp3) is 0.310. The standard InChI is InChI=1S/C29H33ClN4O/c1-3-33(4-2)29(35)25-16-14-24(15-17-25)28(31-27-13-9-8-12-26(27)30)34-20-18-32(19-21-34)22-23-10-6-5-7-11-23/h5-17H,3-4,18-22H2,1-2H3/b31-28-. The SMILES string of the molecule is CCN(CC)C(=O)c1ccc(/C(=N/c2ccccc2Cl)N2CCN(Cc3ccccc3)CC2)cc1. The molecule has 0 aliphatic carbocycles. The van der Waals surface area contributed by atoms with Crippen LogP contribution in [-0.2, 0) is 6.54 Å². The molecule has 1 aliphatic heterocycles. The average molecular weight is 489 g/mol. The highest BCUT2D eigenvalue weighted by Crippen LogP contribution is 2.26. The van der Waals surface area contributed by atoms with Gasteiger partial charge in [-0.1, -0.05) is 66.2 Å². The van der Waals surface area contributed by atoms with E-state index in [0.29, 0.717) is 23.7 Å². The van der Waals surface area contributed by atoms with Crippen molar-refractivity contribution in [2.45, 2.75) is 20.4 Å². The predicted octanol–water partition coefficient (Wildman–Crippen LogP) is 5.72. The molecule has 1 fully saturated rings. The molecule has 3 aromatic carbocycles. The number of hydrogen-bond acceptors (Lipinski definition) is 3. The van der Waals surface area contributed by atoms with Crippen LogP contribution in [-0.4, -0.2) is 65.7 Å². The molecule has 1 heterocycles. The molecule has 0 bridgehead atoms. The van der Waals surface area contributed by atoms with Crippen molar-refractivity contribution >= 4 is 29.0 Å². The second-order valence-corrected chi connectivity index (χ2v) is 9.10. The van der Waals surface area contributed by atoms with E-state index in [1.54, 1.807) is 0 Å². The first-order valence-corrected chi connectivity index (χ1v) is 12.7. The summed E-state index contributed by atoms with van der Waals surface area (Å²) in [5.41, 5.74) is 3.76.